The lowest BCUT2D eigenvalue weighted by molar-refractivity contribution is -0.128. The van der Waals surface area contributed by atoms with Crippen LogP contribution in [-0.4, -0.2) is 37.4 Å². The van der Waals surface area contributed by atoms with E-state index < -0.39 is 0 Å². The number of hydrogen-bond donors (Lipinski definition) is 2. The number of halogens is 1. The lowest BCUT2D eigenvalue weighted by atomic mass is 10.1. The summed E-state index contributed by atoms with van der Waals surface area (Å²) in [5.41, 5.74) is 6.64. The number of carbonyl (C=O) groups excluding carboxylic acids is 2. The topological polar surface area (TPSA) is 75.4 Å². The first kappa shape index (κ1) is 15.5. The van der Waals surface area contributed by atoms with Crippen LogP contribution in [0.1, 0.15) is 23.2 Å². The van der Waals surface area contributed by atoms with Gasteiger partial charge in [-0.2, -0.15) is 0 Å². The molecule has 3 N–H and O–H groups in total. The molecule has 104 valence electrons. The fourth-order valence-electron chi connectivity index (χ4n) is 1.50. The molecule has 0 atom stereocenters. The van der Waals surface area contributed by atoms with Gasteiger partial charge in [0, 0.05) is 37.2 Å². The Bertz CT molecular complexity index is 475. The van der Waals surface area contributed by atoms with Crippen LogP contribution >= 0.6 is 15.9 Å². The van der Waals surface area contributed by atoms with Crippen molar-refractivity contribution >= 4 is 33.4 Å². The maximum atomic E-state index is 11.9. The van der Waals surface area contributed by atoms with E-state index in [0.717, 1.165) is 4.47 Å². The van der Waals surface area contributed by atoms with Gasteiger partial charge in [0.25, 0.3) is 5.91 Å². The van der Waals surface area contributed by atoms with Gasteiger partial charge in [-0.3, -0.25) is 9.59 Å². The third-order valence-corrected chi connectivity index (χ3v) is 3.10. The van der Waals surface area contributed by atoms with Gasteiger partial charge >= 0.3 is 0 Å². The molecule has 2 amide bonds. The zero-order valence-corrected chi connectivity index (χ0v) is 12.7. The predicted molar refractivity (Wildman–Crippen MR) is 78.8 cm³/mol. The first-order chi connectivity index (χ1) is 8.91. The molecule has 0 spiro atoms. The van der Waals surface area contributed by atoms with Gasteiger partial charge < -0.3 is 16.0 Å². The lowest BCUT2D eigenvalue weighted by Crippen LogP contribution is -2.27. The van der Waals surface area contributed by atoms with Crippen LogP contribution in [0.15, 0.2) is 22.7 Å². The smallest absolute Gasteiger partial charge is 0.253 e. The van der Waals surface area contributed by atoms with Crippen LogP contribution in [0.25, 0.3) is 0 Å². The normalized spacial score (nSPS) is 10.1. The summed E-state index contributed by atoms with van der Waals surface area (Å²) in [6.45, 7) is 0.452. The van der Waals surface area contributed by atoms with Crippen molar-refractivity contribution in [3.8, 4) is 0 Å². The summed E-state index contributed by atoms with van der Waals surface area (Å²) in [5, 5.41) is 2.75. The number of benzene rings is 1. The number of nitrogens with one attached hydrogen (secondary N) is 1. The molecule has 1 aromatic rings. The maximum absolute atomic E-state index is 11.9. The molecule has 1 rings (SSSR count). The zero-order chi connectivity index (χ0) is 14.4. The molecule has 0 radical (unpaired) electrons. The molecule has 19 heavy (non-hydrogen) atoms. The molecule has 0 unspecified atom stereocenters. The second-order valence-corrected chi connectivity index (χ2v) is 5.29. The van der Waals surface area contributed by atoms with E-state index in [1.54, 1.807) is 32.3 Å². The van der Waals surface area contributed by atoms with Gasteiger partial charge in [0.05, 0.1) is 5.56 Å². The SMILES string of the molecule is CN(C)C(=O)CCCNC(=O)c1ccc(Br)cc1N. The fourth-order valence-corrected chi connectivity index (χ4v) is 1.88. The summed E-state index contributed by atoms with van der Waals surface area (Å²) in [4.78, 5) is 24.7. The van der Waals surface area contributed by atoms with Crippen molar-refractivity contribution in [1.29, 1.82) is 0 Å². The van der Waals surface area contributed by atoms with Crippen molar-refractivity contribution in [1.82, 2.24) is 10.2 Å². The number of nitrogens with zero attached hydrogens (tertiary/aromatic N) is 1. The summed E-state index contributed by atoms with van der Waals surface area (Å²) >= 11 is 3.28. The van der Waals surface area contributed by atoms with Gasteiger partial charge in [-0.15, -0.1) is 0 Å². The van der Waals surface area contributed by atoms with Gasteiger partial charge in [-0.05, 0) is 24.6 Å². The number of nitrogens with two attached hydrogens (primary N) is 1. The van der Waals surface area contributed by atoms with E-state index in [1.807, 2.05) is 0 Å². The van der Waals surface area contributed by atoms with E-state index >= 15 is 0 Å². The van der Waals surface area contributed by atoms with Gasteiger partial charge in [-0.1, -0.05) is 15.9 Å². The Morgan fingerprint density at radius 2 is 2.05 bits per heavy atom. The molecule has 0 saturated carbocycles. The van der Waals surface area contributed by atoms with Crippen LogP contribution in [-0.2, 0) is 4.79 Å². The standard InChI is InChI=1S/C13H18BrN3O2/c1-17(2)12(18)4-3-7-16-13(19)10-6-5-9(14)8-11(10)15/h5-6,8H,3-4,7,15H2,1-2H3,(H,16,19). The van der Waals surface area contributed by atoms with Gasteiger partial charge in [0.2, 0.25) is 5.91 Å². The van der Waals surface area contributed by atoms with Crippen LogP contribution in [0.4, 0.5) is 5.69 Å². The molecule has 5 nitrogen and oxygen atoms in total. The second-order valence-electron chi connectivity index (χ2n) is 4.38. The van der Waals surface area contributed by atoms with Gasteiger partial charge in [0.1, 0.15) is 0 Å². The van der Waals surface area contributed by atoms with Crippen molar-refractivity contribution in [3.63, 3.8) is 0 Å². The first-order valence-electron chi connectivity index (χ1n) is 5.95. The summed E-state index contributed by atoms with van der Waals surface area (Å²) in [5.74, 6) is -0.167. The molecule has 0 aromatic heterocycles. The number of amides is 2. The Morgan fingerprint density at radius 3 is 2.63 bits per heavy atom. The molecule has 0 saturated heterocycles. The summed E-state index contributed by atoms with van der Waals surface area (Å²) < 4.78 is 0.832. The lowest BCUT2D eigenvalue weighted by Gasteiger charge is -2.10. The third-order valence-electron chi connectivity index (χ3n) is 2.61. The van der Waals surface area contributed by atoms with Crippen LogP contribution in [0.2, 0.25) is 0 Å². The highest BCUT2D eigenvalue weighted by atomic mass is 79.9. The van der Waals surface area contributed by atoms with Crippen molar-refractivity contribution in [2.45, 2.75) is 12.8 Å². The number of carbonyl (C=O) groups is 2. The van der Waals surface area contributed by atoms with Crippen LogP contribution in [0, 0.1) is 0 Å². The molecule has 1 aromatic carbocycles. The largest absolute Gasteiger partial charge is 0.398 e. The summed E-state index contributed by atoms with van der Waals surface area (Å²) in [7, 11) is 3.42. The number of hydrogen-bond acceptors (Lipinski definition) is 3. The zero-order valence-electron chi connectivity index (χ0n) is 11.1. The Morgan fingerprint density at radius 1 is 1.37 bits per heavy atom. The van der Waals surface area contributed by atoms with Gasteiger partial charge in [-0.25, -0.2) is 0 Å². The van der Waals surface area contributed by atoms with E-state index in [4.69, 9.17) is 5.73 Å². The van der Waals surface area contributed by atoms with Crippen LogP contribution in [0.5, 0.6) is 0 Å². The molecular formula is C13H18BrN3O2. The van der Waals surface area contributed by atoms with E-state index in [-0.39, 0.29) is 11.8 Å². The molecular weight excluding hydrogens is 310 g/mol. The molecule has 0 heterocycles. The molecule has 0 aliphatic heterocycles. The highest BCUT2D eigenvalue weighted by molar-refractivity contribution is 9.10. The minimum atomic E-state index is -0.220. The van der Waals surface area contributed by atoms with Crippen molar-refractivity contribution in [2.24, 2.45) is 0 Å². The van der Waals surface area contributed by atoms with Crippen LogP contribution < -0.4 is 11.1 Å². The molecule has 0 aliphatic carbocycles. The van der Waals surface area contributed by atoms with E-state index in [0.29, 0.717) is 30.6 Å². The van der Waals surface area contributed by atoms with E-state index in [1.165, 1.54) is 4.90 Å². The van der Waals surface area contributed by atoms with Crippen molar-refractivity contribution in [3.05, 3.63) is 28.2 Å². The highest BCUT2D eigenvalue weighted by Crippen LogP contribution is 2.18. The fraction of sp³-hybridized carbons (Fsp3) is 0.385. The number of nitrogen functional groups attached to an aromatic ring is 1. The Kier molecular flexibility index (Phi) is 5.82. The number of anilines is 1. The Balaban J connectivity index is 2.41. The first-order valence-corrected chi connectivity index (χ1v) is 6.74. The molecule has 0 aliphatic rings. The summed E-state index contributed by atoms with van der Waals surface area (Å²) in [6.07, 6.45) is 1.03. The second kappa shape index (κ2) is 7.13. The average molecular weight is 328 g/mol. The molecule has 6 heteroatoms. The highest BCUT2D eigenvalue weighted by Gasteiger charge is 2.09. The number of rotatable bonds is 5. The summed E-state index contributed by atoms with van der Waals surface area (Å²) in [6, 6.07) is 5.12. The maximum Gasteiger partial charge on any atom is 0.253 e. The van der Waals surface area contributed by atoms with Crippen molar-refractivity contribution < 1.29 is 9.59 Å². The Hall–Kier alpha value is -1.56. The molecule has 0 fully saturated rings. The minimum Gasteiger partial charge on any atom is -0.398 e. The van der Waals surface area contributed by atoms with Crippen LogP contribution in [0.3, 0.4) is 0 Å². The predicted octanol–water partition coefficient (Wildman–Crippen LogP) is 1.63. The van der Waals surface area contributed by atoms with Gasteiger partial charge in [0.15, 0.2) is 0 Å². The van der Waals surface area contributed by atoms with Crippen molar-refractivity contribution in [2.75, 3.05) is 26.4 Å². The monoisotopic (exact) mass is 327 g/mol. The Labute approximate surface area is 121 Å². The van der Waals surface area contributed by atoms with E-state index in [9.17, 15) is 9.59 Å². The average Bonchev–Trinajstić information content (AvgIpc) is 2.33. The molecule has 0 bridgehead atoms. The minimum absolute atomic E-state index is 0.0532. The van der Waals surface area contributed by atoms with E-state index in [2.05, 4.69) is 21.2 Å². The quantitative estimate of drug-likeness (QED) is 0.637. The third kappa shape index (κ3) is 4.90.